The molecule has 2 N–H and O–H groups in total. The SMILES string of the molecule is CC.Cc1cccc2c1C(=O)N(C(CCC=O)C(N)=O)C2=O. The van der Waals surface area contributed by atoms with Crippen LogP contribution in [-0.4, -0.2) is 34.9 Å². The minimum atomic E-state index is -1.09. The fraction of sp³-hybridized carbons (Fsp3) is 0.375. The number of benzene rings is 1. The Morgan fingerprint density at radius 2 is 1.91 bits per heavy atom. The molecule has 0 aliphatic carbocycles. The monoisotopic (exact) mass is 304 g/mol. The molecule has 6 nitrogen and oxygen atoms in total. The van der Waals surface area contributed by atoms with Gasteiger partial charge in [0.15, 0.2) is 0 Å². The minimum absolute atomic E-state index is 0.0450. The number of nitrogens with zero attached hydrogens (tertiary/aromatic N) is 1. The van der Waals surface area contributed by atoms with Gasteiger partial charge in [0.25, 0.3) is 11.8 Å². The van der Waals surface area contributed by atoms with Gasteiger partial charge in [-0.3, -0.25) is 19.3 Å². The second-order valence-electron chi connectivity index (χ2n) is 4.64. The Kier molecular flexibility index (Phi) is 5.98. The Bertz CT molecular complexity index is 610. The van der Waals surface area contributed by atoms with Gasteiger partial charge in [-0.15, -0.1) is 0 Å². The summed E-state index contributed by atoms with van der Waals surface area (Å²) >= 11 is 0. The summed E-state index contributed by atoms with van der Waals surface area (Å²) in [6, 6.07) is 3.85. The highest BCUT2D eigenvalue weighted by Gasteiger charge is 2.42. The van der Waals surface area contributed by atoms with Crippen LogP contribution in [-0.2, 0) is 9.59 Å². The zero-order valence-corrected chi connectivity index (χ0v) is 13.0. The Labute approximate surface area is 129 Å². The van der Waals surface area contributed by atoms with E-state index in [9.17, 15) is 19.2 Å². The standard InChI is InChI=1S/C14H14N2O4.C2H6/c1-8-4-2-5-9-11(8)14(20)16(13(9)19)10(12(15)18)6-3-7-17;1-2/h2,4-5,7,10H,3,6H2,1H3,(H2,15,18);1-2H3. The smallest absolute Gasteiger partial charge is 0.262 e. The first kappa shape index (κ1) is 17.6. The number of hydrogen-bond acceptors (Lipinski definition) is 4. The van der Waals surface area contributed by atoms with Gasteiger partial charge in [-0.05, 0) is 25.0 Å². The summed E-state index contributed by atoms with van der Waals surface area (Å²) in [6.07, 6.45) is 0.725. The first-order valence-electron chi connectivity index (χ1n) is 7.19. The van der Waals surface area contributed by atoms with Gasteiger partial charge in [0, 0.05) is 6.42 Å². The van der Waals surface area contributed by atoms with E-state index in [1.807, 2.05) is 13.8 Å². The Balaban J connectivity index is 0.00000116. The van der Waals surface area contributed by atoms with Crippen molar-refractivity contribution in [1.82, 2.24) is 4.90 Å². The number of nitrogens with two attached hydrogens (primary N) is 1. The molecule has 2 rings (SSSR count). The van der Waals surface area contributed by atoms with Gasteiger partial charge in [0.1, 0.15) is 12.3 Å². The van der Waals surface area contributed by atoms with Crippen molar-refractivity contribution in [2.45, 2.75) is 39.7 Å². The van der Waals surface area contributed by atoms with E-state index >= 15 is 0 Å². The van der Waals surface area contributed by atoms with Crippen LogP contribution in [0.15, 0.2) is 18.2 Å². The van der Waals surface area contributed by atoms with Gasteiger partial charge in [0.2, 0.25) is 5.91 Å². The van der Waals surface area contributed by atoms with Crippen LogP contribution in [0.1, 0.15) is 53.0 Å². The number of rotatable bonds is 5. The fourth-order valence-corrected chi connectivity index (χ4v) is 2.38. The first-order valence-corrected chi connectivity index (χ1v) is 7.19. The largest absolute Gasteiger partial charge is 0.368 e. The number of aldehydes is 1. The molecule has 0 aromatic heterocycles. The minimum Gasteiger partial charge on any atom is -0.368 e. The highest BCUT2D eigenvalue weighted by atomic mass is 16.2. The summed E-state index contributed by atoms with van der Waals surface area (Å²) < 4.78 is 0. The highest BCUT2D eigenvalue weighted by molar-refractivity contribution is 6.23. The number of carbonyl (C=O) groups excluding carboxylic acids is 4. The summed E-state index contributed by atoms with van der Waals surface area (Å²) in [4.78, 5) is 47.4. The average Bonchev–Trinajstić information content (AvgIpc) is 2.75. The lowest BCUT2D eigenvalue weighted by molar-refractivity contribution is -0.122. The lowest BCUT2D eigenvalue weighted by Crippen LogP contribution is -2.47. The zero-order chi connectivity index (χ0) is 16.9. The lowest BCUT2D eigenvalue weighted by Gasteiger charge is -2.22. The normalized spacial score (nSPS) is 14.0. The van der Waals surface area contributed by atoms with Crippen LogP contribution in [0.2, 0.25) is 0 Å². The van der Waals surface area contributed by atoms with Gasteiger partial charge >= 0.3 is 0 Å². The molecule has 1 aromatic rings. The van der Waals surface area contributed by atoms with Crippen LogP contribution in [0.5, 0.6) is 0 Å². The summed E-state index contributed by atoms with van der Waals surface area (Å²) in [5.74, 6) is -1.86. The maximum absolute atomic E-state index is 12.3. The van der Waals surface area contributed by atoms with Gasteiger partial charge in [-0.25, -0.2) is 0 Å². The summed E-state index contributed by atoms with van der Waals surface area (Å²) in [5, 5.41) is 0. The lowest BCUT2D eigenvalue weighted by atomic mass is 10.0. The molecule has 1 atom stereocenters. The molecular weight excluding hydrogens is 284 g/mol. The number of hydrogen-bond donors (Lipinski definition) is 1. The molecule has 3 amide bonds. The van der Waals surface area contributed by atoms with E-state index in [0.717, 1.165) is 4.90 Å². The molecule has 22 heavy (non-hydrogen) atoms. The molecule has 1 unspecified atom stereocenters. The molecule has 0 radical (unpaired) electrons. The van der Waals surface area contributed by atoms with Crippen LogP contribution in [0, 0.1) is 6.92 Å². The number of fused-ring (bicyclic) bond motifs is 1. The third-order valence-corrected chi connectivity index (χ3v) is 3.35. The quantitative estimate of drug-likeness (QED) is 0.657. The van der Waals surface area contributed by atoms with Gasteiger partial charge in [0.05, 0.1) is 11.1 Å². The van der Waals surface area contributed by atoms with Crippen LogP contribution in [0.3, 0.4) is 0 Å². The molecule has 0 fully saturated rings. The molecule has 6 heteroatoms. The first-order chi connectivity index (χ1) is 10.5. The van der Waals surface area contributed by atoms with E-state index in [2.05, 4.69) is 0 Å². The van der Waals surface area contributed by atoms with E-state index in [1.165, 1.54) is 0 Å². The topological polar surface area (TPSA) is 97.5 Å². The van der Waals surface area contributed by atoms with E-state index < -0.39 is 23.8 Å². The van der Waals surface area contributed by atoms with E-state index in [0.29, 0.717) is 17.4 Å². The predicted octanol–water partition coefficient (Wildman–Crippen LogP) is 1.45. The Hall–Kier alpha value is -2.50. The third kappa shape index (κ3) is 3.05. The van der Waals surface area contributed by atoms with Gasteiger partial charge in [-0.1, -0.05) is 26.0 Å². The Morgan fingerprint density at radius 1 is 1.27 bits per heavy atom. The highest BCUT2D eigenvalue weighted by Crippen LogP contribution is 2.28. The van der Waals surface area contributed by atoms with Crippen molar-refractivity contribution in [3.63, 3.8) is 0 Å². The number of primary amides is 1. The molecular formula is C16H20N2O4. The third-order valence-electron chi connectivity index (χ3n) is 3.35. The van der Waals surface area contributed by atoms with Crippen LogP contribution < -0.4 is 5.73 Å². The van der Waals surface area contributed by atoms with Crippen molar-refractivity contribution in [2.24, 2.45) is 5.73 Å². The second kappa shape index (κ2) is 7.49. The van der Waals surface area contributed by atoms with Crippen LogP contribution in [0.4, 0.5) is 0 Å². The van der Waals surface area contributed by atoms with E-state index in [1.54, 1.807) is 25.1 Å². The molecule has 1 aromatic carbocycles. The molecule has 0 saturated heterocycles. The predicted molar refractivity (Wildman–Crippen MR) is 81.3 cm³/mol. The van der Waals surface area contributed by atoms with Crippen molar-refractivity contribution in [3.8, 4) is 0 Å². The maximum Gasteiger partial charge on any atom is 0.262 e. The molecule has 1 aliphatic heterocycles. The van der Waals surface area contributed by atoms with Gasteiger partial charge in [-0.2, -0.15) is 0 Å². The zero-order valence-electron chi connectivity index (χ0n) is 13.0. The Morgan fingerprint density at radius 3 is 2.41 bits per heavy atom. The molecule has 0 spiro atoms. The second-order valence-corrected chi connectivity index (χ2v) is 4.64. The average molecular weight is 304 g/mol. The fourth-order valence-electron chi connectivity index (χ4n) is 2.38. The number of aryl methyl sites for hydroxylation is 1. The van der Waals surface area contributed by atoms with Crippen molar-refractivity contribution < 1.29 is 19.2 Å². The van der Waals surface area contributed by atoms with Gasteiger partial charge < -0.3 is 10.5 Å². The summed E-state index contributed by atoms with van der Waals surface area (Å²) in [5.41, 5.74) is 6.49. The van der Waals surface area contributed by atoms with Crippen molar-refractivity contribution in [1.29, 1.82) is 0 Å². The maximum atomic E-state index is 12.3. The van der Waals surface area contributed by atoms with Crippen molar-refractivity contribution >= 4 is 24.0 Å². The number of carbonyl (C=O) groups is 4. The van der Waals surface area contributed by atoms with Crippen molar-refractivity contribution in [3.05, 3.63) is 34.9 Å². The molecule has 118 valence electrons. The summed E-state index contributed by atoms with van der Waals surface area (Å²) in [7, 11) is 0. The van der Waals surface area contributed by atoms with Crippen molar-refractivity contribution in [2.75, 3.05) is 0 Å². The summed E-state index contributed by atoms with van der Waals surface area (Å²) in [6.45, 7) is 5.72. The molecule has 0 bridgehead atoms. The van der Waals surface area contributed by atoms with E-state index in [-0.39, 0.29) is 18.4 Å². The van der Waals surface area contributed by atoms with E-state index in [4.69, 9.17) is 5.73 Å². The molecule has 1 heterocycles. The number of amides is 3. The van der Waals surface area contributed by atoms with Crippen LogP contribution in [0.25, 0.3) is 0 Å². The molecule has 0 saturated carbocycles. The van der Waals surface area contributed by atoms with Crippen LogP contribution >= 0.6 is 0 Å². The molecule has 1 aliphatic rings. The number of imide groups is 1.